The number of carbonyl (C=O) groups excluding carboxylic acids is 3. The average Bonchev–Trinajstić information content (AvgIpc) is 3.01. The fraction of sp³-hybridized carbons (Fsp3) is 0.286. The van der Waals surface area contributed by atoms with Gasteiger partial charge >= 0.3 is 5.97 Å². The van der Waals surface area contributed by atoms with Gasteiger partial charge in [-0.15, -0.1) is 0 Å². The molecule has 2 aromatic carbocycles. The van der Waals surface area contributed by atoms with Gasteiger partial charge in [-0.05, 0) is 56.2 Å². The van der Waals surface area contributed by atoms with Crippen LogP contribution in [0.4, 0.5) is 5.69 Å². The lowest BCUT2D eigenvalue weighted by Crippen LogP contribution is -2.43. The summed E-state index contributed by atoms with van der Waals surface area (Å²) in [7, 11) is 0. The molecule has 0 fully saturated rings. The number of hydrogen-bond acceptors (Lipinski definition) is 5. The molecule has 1 aliphatic heterocycles. The van der Waals surface area contributed by atoms with Gasteiger partial charge in [-0.3, -0.25) is 9.59 Å². The summed E-state index contributed by atoms with van der Waals surface area (Å²) in [6, 6.07) is 14.1. The second kappa shape index (κ2) is 8.03. The first-order chi connectivity index (χ1) is 13.0. The zero-order chi connectivity index (χ0) is 19.4. The van der Waals surface area contributed by atoms with Crippen molar-refractivity contribution in [1.82, 2.24) is 0 Å². The monoisotopic (exact) mass is 367 g/mol. The molecule has 1 amide bonds. The summed E-state index contributed by atoms with van der Waals surface area (Å²) < 4.78 is 10.6. The van der Waals surface area contributed by atoms with E-state index in [1.807, 2.05) is 31.2 Å². The number of fused-ring (bicyclic) bond motifs is 1. The topological polar surface area (TPSA) is 72.9 Å². The summed E-state index contributed by atoms with van der Waals surface area (Å²) in [5.41, 5.74) is 2.49. The van der Waals surface area contributed by atoms with Crippen LogP contribution in [0.2, 0.25) is 0 Å². The van der Waals surface area contributed by atoms with E-state index in [1.165, 1.54) is 0 Å². The number of para-hydroxylation sites is 1. The third kappa shape index (κ3) is 4.16. The molecule has 0 saturated carbocycles. The lowest BCUT2D eigenvalue weighted by atomic mass is 10.1. The van der Waals surface area contributed by atoms with Crippen molar-refractivity contribution in [2.45, 2.75) is 32.4 Å². The molecule has 2 atom stereocenters. The van der Waals surface area contributed by atoms with E-state index >= 15 is 0 Å². The normalized spacial score (nSPS) is 16.4. The van der Waals surface area contributed by atoms with Crippen molar-refractivity contribution in [3.05, 3.63) is 59.7 Å². The van der Waals surface area contributed by atoms with Crippen LogP contribution in [0.5, 0.6) is 5.75 Å². The van der Waals surface area contributed by atoms with Gasteiger partial charge in [-0.1, -0.05) is 18.2 Å². The molecule has 0 spiro atoms. The minimum absolute atomic E-state index is 0.0173. The summed E-state index contributed by atoms with van der Waals surface area (Å²) in [5, 5.41) is 0. The van der Waals surface area contributed by atoms with Crippen LogP contribution in [0, 0.1) is 0 Å². The Labute approximate surface area is 157 Å². The largest absolute Gasteiger partial charge is 0.482 e. The molecule has 0 bridgehead atoms. The Morgan fingerprint density at radius 2 is 1.89 bits per heavy atom. The summed E-state index contributed by atoms with van der Waals surface area (Å²) in [6.07, 6.45) is 0.595. The van der Waals surface area contributed by atoms with Crippen molar-refractivity contribution in [3.63, 3.8) is 0 Å². The van der Waals surface area contributed by atoms with Crippen LogP contribution in [-0.4, -0.2) is 36.9 Å². The standard InChI is InChI=1S/C21H21NO5/c1-14-11-17-5-3-4-6-19(17)22(14)21(25)15(2)27-20(24)13-26-18-9-7-16(12-23)8-10-18/h3-10,12,14-15H,11,13H2,1-2H3/t14-,15+/m1/s1. The van der Waals surface area contributed by atoms with E-state index in [4.69, 9.17) is 9.47 Å². The maximum absolute atomic E-state index is 12.8. The number of benzene rings is 2. The number of amides is 1. The smallest absolute Gasteiger partial charge is 0.344 e. The predicted molar refractivity (Wildman–Crippen MR) is 100.0 cm³/mol. The number of aldehydes is 1. The van der Waals surface area contributed by atoms with Crippen LogP contribution in [0.3, 0.4) is 0 Å². The van der Waals surface area contributed by atoms with Gasteiger partial charge in [0.15, 0.2) is 12.7 Å². The highest BCUT2D eigenvalue weighted by atomic mass is 16.6. The Hall–Kier alpha value is -3.15. The molecule has 3 rings (SSSR count). The summed E-state index contributed by atoms with van der Waals surface area (Å²) in [5.74, 6) is -0.440. The molecule has 1 aliphatic rings. The second-order valence-electron chi connectivity index (χ2n) is 6.50. The number of carbonyl (C=O) groups is 3. The Morgan fingerprint density at radius 1 is 1.19 bits per heavy atom. The number of anilines is 1. The summed E-state index contributed by atoms with van der Waals surface area (Å²) in [6.45, 7) is 3.22. The van der Waals surface area contributed by atoms with Crippen LogP contribution < -0.4 is 9.64 Å². The van der Waals surface area contributed by atoms with E-state index < -0.39 is 12.1 Å². The zero-order valence-electron chi connectivity index (χ0n) is 15.3. The molecule has 6 nitrogen and oxygen atoms in total. The molecule has 1 heterocycles. The molecule has 6 heteroatoms. The van der Waals surface area contributed by atoms with E-state index in [0.29, 0.717) is 11.3 Å². The Balaban J connectivity index is 1.56. The van der Waals surface area contributed by atoms with E-state index in [2.05, 4.69) is 0 Å². The minimum Gasteiger partial charge on any atom is -0.482 e. The summed E-state index contributed by atoms with van der Waals surface area (Å²) >= 11 is 0. The maximum Gasteiger partial charge on any atom is 0.344 e. The van der Waals surface area contributed by atoms with Crippen molar-refractivity contribution in [2.75, 3.05) is 11.5 Å². The van der Waals surface area contributed by atoms with Crippen LogP contribution >= 0.6 is 0 Å². The van der Waals surface area contributed by atoms with Gasteiger partial charge in [-0.2, -0.15) is 0 Å². The van der Waals surface area contributed by atoms with Gasteiger partial charge in [0.25, 0.3) is 5.91 Å². The Bertz CT molecular complexity index is 846. The Kier molecular flexibility index (Phi) is 5.54. The third-order valence-electron chi connectivity index (χ3n) is 4.47. The average molecular weight is 367 g/mol. The molecule has 140 valence electrons. The highest BCUT2D eigenvalue weighted by Gasteiger charge is 2.34. The fourth-order valence-corrected chi connectivity index (χ4v) is 3.16. The lowest BCUT2D eigenvalue weighted by molar-refractivity contribution is -0.155. The number of esters is 1. The molecular formula is C21H21NO5. The highest BCUT2D eigenvalue weighted by molar-refractivity contribution is 5.99. The minimum atomic E-state index is -0.910. The SMILES string of the molecule is C[C@H](OC(=O)COc1ccc(C=O)cc1)C(=O)N1c2ccccc2C[C@H]1C. The third-order valence-corrected chi connectivity index (χ3v) is 4.47. The lowest BCUT2D eigenvalue weighted by Gasteiger charge is -2.25. The summed E-state index contributed by atoms with van der Waals surface area (Å²) in [4.78, 5) is 37.1. The van der Waals surface area contributed by atoms with E-state index in [-0.39, 0.29) is 18.6 Å². The first kappa shape index (κ1) is 18.6. The van der Waals surface area contributed by atoms with Crippen LogP contribution in [0.25, 0.3) is 0 Å². The van der Waals surface area contributed by atoms with Gasteiger partial charge in [0.1, 0.15) is 12.0 Å². The van der Waals surface area contributed by atoms with Crippen LogP contribution in [0.1, 0.15) is 29.8 Å². The number of ether oxygens (including phenoxy) is 2. The van der Waals surface area contributed by atoms with Gasteiger partial charge in [-0.25, -0.2) is 4.79 Å². The molecule has 27 heavy (non-hydrogen) atoms. The molecule has 0 radical (unpaired) electrons. The highest BCUT2D eigenvalue weighted by Crippen LogP contribution is 2.32. The van der Waals surface area contributed by atoms with Gasteiger partial charge in [0.2, 0.25) is 0 Å². The zero-order valence-corrected chi connectivity index (χ0v) is 15.3. The van der Waals surface area contributed by atoms with Gasteiger partial charge in [0, 0.05) is 17.3 Å². The predicted octanol–water partition coefficient (Wildman–Crippen LogP) is 2.79. The molecule has 0 aromatic heterocycles. The van der Waals surface area contributed by atoms with Crippen LogP contribution in [-0.2, 0) is 20.7 Å². The fourth-order valence-electron chi connectivity index (χ4n) is 3.16. The van der Waals surface area contributed by atoms with Crippen molar-refractivity contribution in [1.29, 1.82) is 0 Å². The number of rotatable bonds is 6. The molecule has 2 aromatic rings. The van der Waals surface area contributed by atoms with E-state index in [1.54, 1.807) is 36.1 Å². The second-order valence-corrected chi connectivity index (χ2v) is 6.50. The molecule has 0 aliphatic carbocycles. The van der Waals surface area contributed by atoms with Gasteiger partial charge in [0.05, 0.1) is 0 Å². The van der Waals surface area contributed by atoms with Crippen molar-refractivity contribution < 1.29 is 23.9 Å². The number of hydrogen-bond donors (Lipinski definition) is 0. The quantitative estimate of drug-likeness (QED) is 0.580. The first-order valence-corrected chi connectivity index (χ1v) is 8.78. The van der Waals surface area contributed by atoms with Crippen molar-refractivity contribution in [2.24, 2.45) is 0 Å². The molecular weight excluding hydrogens is 346 g/mol. The van der Waals surface area contributed by atoms with E-state index in [0.717, 1.165) is 24.0 Å². The van der Waals surface area contributed by atoms with Gasteiger partial charge < -0.3 is 14.4 Å². The van der Waals surface area contributed by atoms with Crippen LogP contribution in [0.15, 0.2) is 48.5 Å². The van der Waals surface area contributed by atoms with Crippen molar-refractivity contribution in [3.8, 4) is 5.75 Å². The Morgan fingerprint density at radius 3 is 2.59 bits per heavy atom. The molecule has 0 saturated heterocycles. The van der Waals surface area contributed by atoms with Crippen molar-refractivity contribution >= 4 is 23.9 Å². The molecule has 0 unspecified atom stereocenters. The first-order valence-electron chi connectivity index (χ1n) is 8.78. The number of nitrogens with zero attached hydrogens (tertiary/aromatic N) is 1. The maximum atomic E-state index is 12.8. The van der Waals surface area contributed by atoms with E-state index in [9.17, 15) is 14.4 Å². The molecule has 0 N–H and O–H groups in total.